The van der Waals surface area contributed by atoms with Gasteiger partial charge in [-0.3, -0.25) is 9.59 Å². The third-order valence-electron chi connectivity index (χ3n) is 4.58. The van der Waals surface area contributed by atoms with Gasteiger partial charge in [-0.15, -0.1) is 0 Å². The molecule has 25 heavy (non-hydrogen) atoms. The van der Waals surface area contributed by atoms with E-state index in [9.17, 15) is 9.59 Å². The minimum Gasteiger partial charge on any atom is -0.376 e. The summed E-state index contributed by atoms with van der Waals surface area (Å²) in [7, 11) is 0. The Hall–Kier alpha value is -2.14. The van der Waals surface area contributed by atoms with E-state index in [0.29, 0.717) is 25.1 Å². The van der Waals surface area contributed by atoms with E-state index < -0.39 is 0 Å². The molecule has 5 heteroatoms. The zero-order chi connectivity index (χ0) is 17.8. The quantitative estimate of drug-likeness (QED) is 0.877. The monoisotopic (exact) mass is 342 g/mol. The topological polar surface area (TPSA) is 62.4 Å². The Labute approximate surface area is 148 Å². The molecule has 5 nitrogen and oxygen atoms in total. The number of nitrogens with one attached hydrogen (secondary N) is 1. The fourth-order valence-electron chi connectivity index (χ4n) is 3.28. The van der Waals surface area contributed by atoms with E-state index in [4.69, 9.17) is 4.74 Å². The summed E-state index contributed by atoms with van der Waals surface area (Å²) in [5, 5.41) is 0.977. The summed E-state index contributed by atoms with van der Waals surface area (Å²) in [5.74, 6) is 0.368. The zero-order valence-corrected chi connectivity index (χ0v) is 15.0. The van der Waals surface area contributed by atoms with Gasteiger partial charge in [-0.2, -0.15) is 0 Å². The van der Waals surface area contributed by atoms with Crippen molar-refractivity contribution in [1.29, 1.82) is 0 Å². The molecule has 0 spiro atoms. The number of hydrogen-bond donors (Lipinski definition) is 1. The molecule has 1 amide bonds. The van der Waals surface area contributed by atoms with Crippen LogP contribution in [0.1, 0.15) is 38.7 Å². The number of amides is 1. The van der Waals surface area contributed by atoms with Crippen LogP contribution >= 0.6 is 0 Å². The van der Waals surface area contributed by atoms with Crippen molar-refractivity contribution in [2.75, 3.05) is 13.2 Å². The number of hydrogen-bond acceptors (Lipinski definition) is 3. The van der Waals surface area contributed by atoms with Crippen LogP contribution in [-0.2, 0) is 16.1 Å². The molecule has 1 aromatic heterocycles. The van der Waals surface area contributed by atoms with Gasteiger partial charge < -0.3 is 14.6 Å². The van der Waals surface area contributed by atoms with Gasteiger partial charge in [-0.25, -0.2) is 0 Å². The summed E-state index contributed by atoms with van der Waals surface area (Å²) in [5.41, 5.74) is 1.30. The molecular formula is C20H26N2O3. The lowest BCUT2D eigenvalue weighted by atomic mass is 10.1. The van der Waals surface area contributed by atoms with E-state index >= 15 is 0 Å². The molecule has 2 heterocycles. The van der Waals surface area contributed by atoms with E-state index in [-0.39, 0.29) is 23.5 Å². The predicted molar refractivity (Wildman–Crippen MR) is 98.4 cm³/mol. The summed E-state index contributed by atoms with van der Waals surface area (Å²) in [6.07, 6.45) is 2.57. The van der Waals surface area contributed by atoms with Crippen molar-refractivity contribution in [3.8, 4) is 0 Å². The predicted octanol–water partition coefficient (Wildman–Crippen LogP) is 3.08. The molecule has 0 aliphatic carbocycles. The first-order chi connectivity index (χ1) is 12.0. The van der Waals surface area contributed by atoms with Gasteiger partial charge in [0.1, 0.15) is 0 Å². The minimum atomic E-state index is -0.131. The van der Waals surface area contributed by atoms with Crippen LogP contribution in [-0.4, -0.2) is 35.0 Å². The molecule has 1 aliphatic rings. The summed E-state index contributed by atoms with van der Waals surface area (Å²) in [6.45, 7) is 5.70. The van der Waals surface area contributed by atoms with Gasteiger partial charge in [0.2, 0.25) is 5.91 Å². The van der Waals surface area contributed by atoms with Crippen LogP contribution in [0.2, 0.25) is 0 Å². The molecule has 3 rings (SSSR count). The lowest BCUT2D eigenvalue weighted by Crippen LogP contribution is -2.38. The van der Waals surface area contributed by atoms with Crippen molar-refractivity contribution in [3.63, 3.8) is 0 Å². The molecule has 134 valence electrons. The molecule has 1 N–H and O–H groups in total. The number of rotatable bonds is 6. The first kappa shape index (κ1) is 17.7. The highest BCUT2D eigenvalue weighted by Gasteiger charge is 2.24. The molecule has 0 saturated carbocycles. The first-order valence-corrected chi connectivity index (χ1v) is 9.03. The lowest BCUT2D eigenvalue weighted by molar-refractivity contribution is -0.134. The number of fused-ring (bicyclic) bond motifs is 1. The first-order valence-electron chi connectivity index (χ1n) is 9.03. The number of para-hydroxylation sites is 1. The van der Waals surface area contributed by atoms with Gasteiger partial charge in [0, 0.05) is 30.7 Å². The van der Waals surface area contributed by atoms with Gasteiger partial charge in [0.15, 0.2) is 0 Å². The number of carbonyl (C=O) groups excluding carboxylic acids is 1. The van der Waals surface area contributed by atoms with Gasteiger partial charge in [-0.1, -0.05) is 32.0 Å². The second kappa shape index (κ2) is 7.83. The molecular weight excluding hydrogens is 316 g/mol. The van der Waals surface area contributed by atoms with Crippen LogP contribution in [0.5, 0.6) is 0 Å². The molecule has 1 aliphatic heterocycles. The summed E-state index contributed by atoms with van der Waals surface area (Å²) in [6, 6.07) is 9.58. The largest absolute Gasteiger partial charge is 0.376 e. The Balaban J connectivity index is 1.84. The van der Waals surface area contributed by atoms with Gasteiger partial charge in [0.25, 0.3) is 5.56 Å². The van der Waals surface area contributed by atoms with Gasteiger partial charge in [-0.05, 0) is 36.3 Å². The fraction of sp³-hybridized carbons (Fsp3) is 0.500. The van der Waals surface area contributed by atoms with Crippen molar-refractivity contribution >= 4 is 16.8 Å². The van der Waals surface area contributed by atoms with Crippen molar-refractivity contribution in [3.05, 3.63) is 46.2 Å². The number of benzene rings is 1. The maximum Gasteiger partial charge on any atom is 0.253 e. The highest BCUT2D eigenvalue weighted by atomic mass is 16.5. The summed E-state index contributed by atoms with van der Waals surface area (Å²) < 4.78 is 5.70. The Morgan fingerprint density at radius 1 is 1.36 bits per heavy atom. The van der Waals surface area contributed by atoms with E-state index in [1.165, 1.54) is 0 Å². The van der Waals surface area contributed by atoms with Crippen molar-refractivity contribution in [2.24, 2.45) is 5.92 Å². The van der Waals surface area contributed by atoms with Crippen LogP contribution < -0.4 is 5.56 Å². The van der Waals surface area contributed by atoms with Crippen LogP contribution in [0.3, 0.4) is 0 Å². The second-order valence-corrected chi connectivity index (χ2v) is 7.22. The van der Waals surface area contributed by atoms with Crippen LogP contribution in [0.4, 0.5) is 0 Å². The van der Waals surface area contributed by atoms with E-state index in [2.05, 4.69) is 4.98 Å². The number of H-pyrrole nitrogens is 1. The Kier molecular flexibility index (Phi) is 5.53. The van der Waals surface area contributed by atoms with Crippen molar-refractivity contribution < 1.29 is 9.53 Å². The van der Waals surface area contributed by atoms with Crippen molar-refractivity contribution in [2.45, 2.75) is 45.8 Å². The minimum absolute atomic E-state index is 0.0793. The molecule has 1 atom stereocenters. The van der Waals surface area contributed by atoms with Crippen LogP contribution in [0.25, 0.3) is 10.9 Å². The summed E-state index contributed by atoms with van der Waals surface area (Å²) >= 11 is 0. The number of ether oxygens (including phenoxy) is 1. The Morgan fingerprint density at radius 3 is 2.88 bits per heavy atom. The average Bonchev–Trinajstić information content (AvgIpc) is 3.07. The molecule has 1 aromatic carbocycles. The molecule has 1 fully saturated rings. The standard InChI is InChI=1S/C20H26N2O3/c1-14(2)10-19(23)22(13-17-7-5-9-25-17)12-16-11-15-6-3-4-8-18(15)21-20(16)24/h3-4,6,8,11,14,17H,5,7,9-10,12-13H2,1-2H3,(H,21,24)/t17-/m1/s1. The van der Waals surface area contributed by atoms with E-state index in [1.807, 2.05) is 44.2 Å². The normalized spacial score (nSPS) is 17.3. The van der Waals surface area contributed by atoms with E-state index in [1.54, 1.807) is 4.90 Å². The third kappa shape index (κ3) is 4.48. The van der Waals surface area contributed by atoms with Gasteiger partial charge >= 0.3 is 0 Å². The Morgan fingerprint density at radius 2 is 2.16 bits per heavy atom. The molecule has 2 aromatic rings. The SMILES string of the molecule is CC(C)CC(=O)N(Cc1cc2ccccc2[nH]c1=O)C[C@H]1CCCO1. The number of aromatic amines is 1. The second-order valence-electron chi connectivity index (χ2n) is 7.22. The molecule has 0 bridgehead atoms. The third-order valence-corrected chi connectivity index (χ3v) is 4.58. The number of aromatic nitrogens is 1. The smallest absolute Gasteiger partial charge is 0.253 e. The number of nitrogens with zero attached hydrogens (tertiary/aromatic N) is 1. The van der Waals surface area contributed by atoms with Crippen LogP contribution in [0, 0.1) is 5.92 Å². The molecule has 0 unspecified atom stereocenters. The Bertz CT molecular complexity index is 791. The highest BCUT2D eigenvalue weighted by molar-refractivity contribution is 5.79. The fourth-order valence-corrected chi connectivity index (χ4v) is 3.28. The maximum atomic E-state index is 12.7. The average molecular weight is 342 g/mol. The molecule has 1 saturated heterocycles. The van der Waals surface area contributed by atoms with Gasteiger partial charge in [0.05, 0.1) is 12.6 Å². The summed E-state index contributed by atoms with van der Waals surface area (Å²) in [4.78, 5) is 29.8. The number of pyridine rings is 1. The lowest BCUT2D eigenvalue weighted by Gasteiger charge is -2.26. The van der Waals surface area contributed by atoms with E-state index in [0.717, 1.165) is 30.4 Å². The number of carbonyl (C=O) groups is 1. The maximum absolute atomic E-state index is 12.7. The molecule has 0 radical (unpaired) electrons. The highest BCUT2D eigenvalue weighted by Crippen LogP contribution is 2.17. The zero-order valence-electron chi connectivity index (χ0n) is 15.0. The van der Waals surface area contributed by atoms with Crippen molar-refractivity contribution in [1.82, 2.24) is 9.88 Å². The van der Waals surface area contributed by atoms with Crippen LogP contribution in [0.15, 0.2) is 35.1 Å².